The Labute approximate surface area is 232 Å². The molecule has 0 unspecified atom stereocenters. The summed E-state index contributed by atoms with van der Waals surface area (Å²) < 4.78 is 0. The minimum atomic E-state index is -0.613. The van der Waals surface area contributed by atoms with Crippen LogP contribution in [0.5, 0.6) is 0 Å². The predicted molar refractivity (Wildman–Crippen MR) is 152 cm³/mol. The fourth-order valence-corrected chi connectivity index (χ4v) is 5.12. The summed E-state index contributed by atoms with van der Waals surface area (Å²) in [5.41, 5.74) is 4.58. The van der Waals surface area contributed by atoms with E-state index in [0.717, 1.165) is 27.3 Å². The van der Waals surface area contributed by atoms with Crippen molar-refractivity contribution in [2.75, 3.05) is 15.5 Å². The first kappa shape index (κ1) is 25.7. The second kappa shape index (κ2) is 10.4. The van der Waals surface area contributed by atoms with Gasteiger partial charge in [-0.25, -0.2) is 9.88 Å². The standard InChI is InChI=1S/C28H20Cl2N4O3S/c1-15-10-16(2)12-21(11-15)34-26(36)23(30)24(27(34)37)31-20-5-3-4-18(13-20)25(35)33-28-32-22(14-38-28)17-6-8-19(29)9-7-17/h3-14,31H,1-2H3,(H,32,33,35). The molecular formula is C28H20Cl2N4O3S. The lowest BCUT2D eigenvalue weighted by Gasteiger charge is -2.16. The van der Waals surface area contributed by atoms with Crippen LogP contribution in [0.15, 0.2) is 82.8 Å². The SMILES string of the molecule is Cc1cc(C)cc(N2C(=O)C(Cl)=C(Nc3cccc(C(=O)Nc4nc(-c5ccc(Cl)cc5)cs4)c3)C2=O)c1. The van der Waals surface area contributed by atoms with E-state index in [-0.39, 0.29) is 16.6 Å². The van der Waals surface area contributed by atoms with Gasteiger partial charge in [-0.1, -0.05) is 47.5 Å². The third-order valence-corrected chi connectivity index (χ3v) is 7.11. The van der Waals surface area contributed by atoms with Gasteiger partial charge in [0.2, 0.25) is 0 Å². The molecule has 10 heteroatoms. The lowest BCUT2D eigenvalue weighted by molar-refractivity contribution is -0.120. The highest BCUT2D eigenvalue weighted by Crippen LogP contribution is 2.32. The van der Waals surface area contributed by atoms with Crippen molar-refractivity contribution in [2.24, 2.45) is 0 Å². The molecule has 0 spiro atoms. The van der Waals surface area contributed by atoms with Crippen LogP contribution in [0.4, 0.5) is 16.5 Å². The van der Waals surface area contributed by atoms with Gasteiger partial charge in [0.05, 0.1) is 11.4 Å². The molecule has 7 nitrogen and oxygen atoms in total. The number of nitrogens with zero attached hydrogens (tertiary/aromatic N) is 2. The van der Waals surface area contributed by atoms with E-state index in [1.165, 1.54) is 11.3 Å². The van der Waals surface area contributed by atoms with Gasteiger partial charge >= 0.3 is 0 Å². The first-order chi connectivity index (χ1) is 18.2. The number of rotatable bonds is 6. The number of halogens is 2. The first-order valence-corrected chi connectivity index (χ1v) is 13.1. The predicted octanol–water partition coefficient (Wildman–Crippen LogP) is 6.77. The number of benzene rings is 3. The van der Waals surface area contributed by atoms with Gasteiger partial charge in [-0.15, -0.1) is 11.3 Å². The molecule has 5 rings (SSSR count). The zero-order chi connectivity index (χ0) is 27.0. The molecule has 0 aliphatic carbocycles. The third-order valence-electron chi connectivity index (χ3n) is 5.75. The van der Waals surface area contributed by atoms with Crippen molar-refractivity contribution in [3.63, 3.8) is 0 Å². The zero-order valence-electron chi connectivity index (χ0n) is 20.2. The van der Waals surface area contributed by atoms with Crippen LogP contribution in [0, 0.1) is 13.8 Å². The fraction of sp³-hybridized carbons (Fsp3) is 0.0714. The van der Waals surface area contributed by atoms with Crippen molar-refractivity contribution in [2.45, 2.75) is 13.8 Å². The highest BCUT2D eigenvalue weighted by molar-refractivity contribution is 7.14. The lowest BCUT2D eigenvalue weighted by atomic mass is 10.1. The number of thiazole rings is 1. The maximum absolute atomic E-state index is 13.2. The molecule has 1 aliphatic rings. The Morgan fingerprint density at radius 2 is 1.63 bits per heavy atom. The molecule has 1 aliphatic heterocycles. The molecule has 4 aromatic rings. The molecule has 0 saturated carbocycles. The van der Waals surface area contributed by atoms with E-state index in [1.54, 1.807) is 48.5 Å². The quantitative estimate of drug-likeness (QED) is 0.253. The summed E-state index contributed by atoms with van der Waals surface area (Å²) in [7, 11) is 0. The molecule has 1 aromatic heterocycles. The molecule has 0 fully saturated rings. The van der Waals surface area contributed by atoms with Gasteiger partial charge in [0.1, 0.15) is 10.7 Å². The number of nitrogens with one attached hydrogen (secondary N) is 2. The second-order valence-electron chi connectivity index (χ2n) is 8.69. The van der Waals surface area contributed by atoms with Gasteiger partial charge in [0, 0.05) is 27.2 Å². The number of aromatic nitrogens is 1. The van der Waals surface area contributed by atoms with E-state index >= 15 is 0 Å². The summed E-state index contributed by atoms with van der Waals surface area (Å²) in [6, 6.07) is 19.2. The van der Waals surface area contributed by atoms with E-state index in [0.29, 0.717) is 27.1 Å². The summed E-state index contributed by atoms with van der Waals surface area (Å²) in [4.78, 5) is 44.4. The van der Waals surface area contributed by atoms with Crippen molar-refractivity contribution in [1.29, 1.82) is 0 Å². The Hall–Kier alpha value is -3.98. The molecule has 3 aromatic carbocycles. The van der Waals surface area contributed by atoms with E-state index < -0.39 is 11.8 Å². The average molecular weight is 563 g/mol. The topological polar surface area (TPSA) is 91.4 Å². The van der Waals surface area contributed by atoms with E-state index in [2.05, 4.69) is 15.6 Å². The summed E-state index contributed by atoms with van der Waals surface area (Å²) in [5, 5.41) is 8.40. The average Bonchev–Trinajstić information content (AvgIpc) is 3.42. The molecule has 0 saturated heterocycles. The first-order valence-electron chi connectivity index (χ1n) is 11.5. The Kier molecular flexibility index (Phi) is 7.03. The highest BCUT2D eigenvalue weighted by atomic mass is 35.5. The van der Waals surface area contributed by atoms with Crippen LogP contribution >= 0.6 is 34.5 Å². The largest absolute Gasteiger partial charge is 0.350 e. The van der Waals surface area contributed by atoms with Crippen LogP contribution in [0.2, 0.25) is 5.02 Å². The van der Waals surface area contributed by atoms with Gasteiger partial charge in [-0.2, -0.15) is 0 Å². The Morgan fingerprint density at radius 1 is 0.921 bits per heavy atom. The van der Waals surface area contributed by atoms with Crippen molar-refractivity contribution >= 4 is 68.8 Å². The molecular weight excluding hydrogens is 543 g/mol. The lowest BCUT2D eigenvalue weighted by Crippen LogP contribution is -2.32. The van der Waals surface area contributed by atoms with Crippen molar-refractivity contribution in [3.05, 3.63) is 105 Å². The van der Waals surface area contributed by atoms with E-state index in [9.17, 15) is 14.4 Å². The molecule has 2 N–H and O–H groups in total. The molecule has 3 amide bonds. The Morgan fingerprint density at radius 3 is 2.34 bits per heavy atom. The normalized spacial score (nSPS) is 13.3. The van der Waals surface area contributed by atoms with Gasteiger partial charge in [-0.05, 0) is 67.4 Å². The minimum Gasteiger partial charge on any atom is -0.350 e. The van der Waals surface area contributed by atoms with Crippen LogP contribution in [-0.4, -0.2) is 22.7 Å². The Bertz CT molecular complexity index is 1610. The number of anilines is 3. The number of hydrogen-bond acceptors (Lipinski definition) is 6. The molecule has 190 valence electrons. The van der Waals surface area contributed by atoms with Gasteiger partial charge < -0.3 is 5.32 Å². The number of hydrogen-bond donors (Lipinski definition) is 2. The highest BCUT2D eigenvalue weighted by Gasteiger charge is 2.39. The molecule has 0 atom stereocenters. The molecule has 2 heterocycles. The van der Waals surface area contributed by atoms with Crippen LogP contribution in [0.1, 0.15) is 21.5 Å². The van der Waals surface area contributed by atoms with Gasteiger partial charge in [0.15, 0.2) is 5.13 Å². The number of aryl methyl sites for hydroxylation is 2. The second-order valence-corrected chi connectivity index (χ2v) is 10.4. The van der Waals surface area contributed by atoms with Gasteiger partial charge in [-0.3, -0.25) is 19.7 Å². The van der Waals surface area contributed by atoms with Crippen LogP contribution < -0.4 is 15.5 Å². The Balaban J connectivity index is 1.31. The maximum atomic E-state index is 13.2. The minimum absolute atomic E-state index is 0.0547. The van der Waals surface area contributed by atoms with E-state index in [1.807, 2.05) is 37.4 Å². The summed E-state index contributed by atoms with van der Waals surface area (Å²) >= 11 is 13.5. The third kappa shape index (κ3) is 5.19. The van der Waals surface area contributed by atoms with E-state index in [4.69, 9.17) is 23.2 Å². The maximum Gasteiger partial charge on any atom is 0.283 e. The summed E-state index contributed by atoms with van der Waals surface area (Å²) in [5.74, 6) is -1.56. The number of imide groups is 1. The fourth-order valence-electron chi connectivity index (χ4n) is 4.06. The molecule has 38 heavy (non-hydrogen) atoms. The van der Waals surface area contributed by atoms with Crippen LogP contribution in [-0.2, 0) is 9.59 Å². The summed E-state index contributed by atoms with van der Waals surface area (Å²) in [6.45, 7) is 3.77. The number of carbonyl (C=O) groups is 3. The van der Waals surface area contributed by atoms with Crippen LogP contribution in [0.25, 0.3) is 11.3 Å². The van der Waals surface area contributed by atoms with Crippen molar-refractivity contribution in [3.8, 4) is 11.3 Å². The van der Waals surface area contributed by atoms with Crippen molar-refractivity contribution < 1.29 is 14.4 Å². The summed E-state index contributed by atoms with van der Waals surface area (Å²) in [6.07, 6.45) is 0. The number of amides is 3. The van der Waals surface area contributed by atoms with Gasteiger partial charge in [0.25, 0.3) is 17.7 Å². The zero-order valence-corrected chi connectivity index (χ0v) is 22.5. The van der Waals surface area contributed by atoms with Crippen LogP contribution in [0.3, 0.4) is 0 Å². The number of carbonyl (C=O) groups excluding carboxylic acids is 3. The smallest absolute Gasteiger partial charge is 0.283 e. The monoisotopic (exact) mass is 562 g/mol. The molecule has 0 bridgehead atoms. The molecule has 0 radical (unpaired) electrons. The van der Waals surface area contributed by atoms with Crippen molar-refractivity contribution in [1.82, 2.24) is 4.98 Å².